The van der Waals surface area contributed by atoms with Gasteiger partial charge >= 0.3 is 0 Å². The Labute approximate surface area is 188 Å². The second kappa shape index (κ2) is 9.86. The van der Waals surface area contributed by atoms with Crippen molar-refractivity contribution in [2.45, 2.75) is 62.8 Å². The lowest BCUT2D eigenvalue weighted by Crippen LogP contribution is -2.47. The lowest BCUT2D eigenvalue weighted by Gasteiger charge is -2.39. The van der Waals surface area contributed by atoms with E-state index >= 15 is 0 Å². The molecule has 2 atom stereocenters. The maximum absolute atomic E-state index is 14.6. The van der Waals surface area contributed by atoms with Crippen molar-refractivity contribution in [1.82, 2.24) is 10.2 Å². The summed E-state index contributed by atoms with van der Waals surface area (Å²) in [5.41, 5.74) is 1.61. The Morgan fingerprint density at radius 2 is 1.75 bits per heavy atom. The average Bonchev–Trinajstić information content (AvgIpc) is 3.59. The molecule has 2 saturated carbocycles. The van der Waals surface area contributed by atoms with Crippen molar-refractivity contribution < 1.29 is 18.3 Å². The number of morpholine rings is 1. The Morgan fingerprint density at radius 3 is 2.50 bits per heavy atom. The van der Waals surface area contributed by atoms with Gasteiger partial charge in [0.25, 0.3) is 0 Å². The van der Waals surface area contributed by atoms with Crippen LogP contribution in [0.1, 0.15) is 49.1 Å². The van der Waals surface area contributed by atoms with Gasteiger partial charge in [0.2, 0.25) is 0 Å². The fourth-order valence-corrected chi connectivity index (χ4v) is 5.31. The molecule has 5 rings (SSSR count). The van der Waals surface area contributed by atoms with Crippen LogP contribution in [0, 0.1) is 11.6 Å². The third kappa shape index (κ3) is 5.13. The van der Waals surface area contributed by atoms with Crippen LogP contribution in [0.25, 0.3) is 0 Å². The largest absolute Gasteiger partial charge is 0.486 e. The predicted molar refractivity (Wildman–Crippen MR) is 120 cm³/mol. The smallest absolute Gasteiger partial charge is 0.168 e. The molecule has 6 heteroatoms. The molecule has 0 bridgehead atoms. The standard InChI is InChI=1S/C26H32F2N2O2/c27-19-14-23(26(24(28)15-19)32-17-18-4-2-1-3-5-18)22-16-25(22)29-20-6-8-21(9-7-20)30-10-12-31-13-11-30/h1-5,14-15,20-22,25,29H,6-13,16-17H2/t20?,21?,22-,25+/m0/s1. The zero-order chi connectivity index (χ0) is 21.9. The number of rotatable bonds is 7. The van der Waals surface area contributed by atoms with E-state index in [0.29, 0.717) is 17.6 Å². The van der Waals surface area contributed by atoms with E-state index in [1.165, 1.54) is 18.9 Å². The third-order valence-electron chi connectivity index (χ3n) is 7.16. The third-order valence-corrected chi connectivity index (χ3v) is 7.16. The Hall–Kier alpha value is -2.02. The van der Waals surface area contributed by atoms with E-state index in [4.69, 9.17) is 9.47 Å². The molecular formula is C26H32F2N2O2. The SMILES string of the molecule is Fc1cc(F)c(OCc2ccccc2)c([C@@H]2C[C@H]2NC2CCC(N3CCOCC3)CC2)c1. The molecule has 32 heavy (non-hydrogen) atoms. The van der Waals surface area contributed by atoms with Gasteiger partial charge in [-0.15, -0.1) is 0 Å². The highest BCUT2D eigenvalue weighted by Gasteiger charge is 2.42. The molecule has 172 valence electrons. The topological polar surface area (TPSA) is 33.7 Å². The summed E-state index contributed by atoms with van der Waals surface area (Å²) in [6.07, 6.45) is 5.61. The molecule has 1 aliphatic heterocycles. The van der Waals surface area contributed by atoms with E-state index in [1.807, 2.05) is 30.3 Å². The van der Waals surface area contributed by atoms with Gasteiger partial charge in [0.15, 0.2) is 11.6 Å². The normalized spacial score (nSPS) is 28.4. The molecule has 1 saturated heterocycles. The summed E-state index contributed by atoms with van der Waals surface area (Å²) >= 11 is 0. The van der Waals surface area contributed by atoms with Crippen LogP contribution in [0.4, 0.5) is 8.78 Å². The summed E-state index contributed by atoms with van der Waals surface area (Å²) in [5.74, 6) is -0.864. The van der Waals surface area contributed by atoms with Crippen molar-refractivity contribution >= 4 is 0 Å². The van der Waals surface area contributed by atoms with Crippen molar-refractivity contribution in [3.63, 3.8) is 0 Å². The van der Waals surface area contributed by atoms with Crippen molar-refractivity contribution in [2.24, 2.45) is 0 Å². The van der Waals surface area contributed by atoms with Gasteiger partial charge < -0.3 is 14.8 Å². The minimum Gasteiger partial charge on any atom is -0.486 e. The fourth-order valence-electron chi connectivity index (χ4n) is 5.31. The van der Waals surface area contributed by atoms with E-state index in [1.54, 1.807) is 0 Å². The Bertz CT molecular complexity index is 896. The van der Waals surface area contributed by atoms with E-state index in [0.717, 1.165) is 57.2 Å². The van der Waals surface area contributed by atoms with Crippen molar-refractivity contribution in [3.8, 4) is 5.75 Å². The summed E-state index contributed by atoms with van der Waals surface area (Å²) in [5, 5.41) is 3.76. The summed E-state index contributed by atoms with van der Waals surface area (Å²) < 4.78 is 40.0. The lowest BCUT2D eigenvalue weighted by molar-refractivity contribution is 0.00651. The van der Waals surface area contributed by atoms with Crippen LogP contribution in [0.3, 0.4) is 0 Å². The highest BCUT2D eigenvalue weighted by Crippen LogP contribution is 2.47. The summed E-state index contributed by atoms with van der Waals surface area (Å²) in [7, 11) is 0. The van der Waals surface area contributed by atoms with Crippen molar-refractivity contribution in [1.29, 1.82) is 0 Å². The van der Waals surface area contributed by atoms with Gasteiger partial charge in [-0.2, -0.15) is 0 Å². The van der Waals surface area contributed by atoms with Crippen LogP contribution < -0.4 is 10.1 Å². The molecule has 1 N–H and O–H groups in total. The Balaban J connectivity index is 1.18. The van der Waals surface area contributed by atoms with Crippen LogP contribution in [0.2, 0.25) is 0 Å². The summed E-state index contributed by atoms with van der Waals surface area (Å²) in [4.78, 5) is 2.57. The molecule has 0 spiro atoms. The Morgan fingerprint density at radius 1 is 1.00 bits per heavy atom. The molecule has 4 nitrogen and oxygen atoms in total. The molecule has 0 radical (unpaired) electrons. The van der Waals surface area contributed by atoms with Crippen LogP contribution >= 0.6 is 0 Å². The van der Waals surface area contributed by atoms with Crippen LogP contribution in [-0.4, -0.2) is 49.3 Å². The van der Waals surface area contributed by atoms with Crippen LogP contribution in [-0.2, 0) is 11.3 Å². The van der Waals surface area contributed by atoms with Gasteiger partial charge in [-0.1, -0.05) is 30.3 Å². The zero-order valence-electron chi connectivity index (χ0n) is 18.4. The molecule has 2 aromatic rings. The first-order valence-electron chi connectivity index (χ1n) is 11.9. The van der Waals surface area contributed by atoms with E-state index in [-0.39, 0.29) is 24.3 Å². The van der Waals surface area contributed by atoms with E-state index in [9.17, 15) is 8.78 Å². The number of ether oxygens (including phenoxy) is 2. The first kappa shape index (κ1) is 21.8. The second-order valence-corrected chi connectivity index (χ2v) is 9.35. The highest BCUT2D eigenvalue weighted by atomic mass is 19.1. The van der Waals surface area contributed by atoms with Gasteiger partial charge in [-0.25, -0.2) is 8.78 Å². The number of nitrogens with one attached hydrogen (secondary N) is 1. The summed E-state index contributed by atoms with van der Waals surface area (Å²) in [6, 6.07) is 13.4. The highest BCUT2D eigenvalue weighted by molar-refractivity contribution is 5.42. The number of benzene rings is 2. The molecule has 3 aliphatic rings. The molecule has 2 aliphatic carbocycles. The fraction of sp³-hybridized carbons (Fsp3) is 0.538. The average molecular weight is 443 g/mol. The minimum absolute atomic E-state index is 0.0999. The predicted octanol–water partition coefficient (Wildman–Crippen LogP) is 4.63. The van der Waals surface area contributed by atoms with Gasteiger partial charge in [0.1, 0.15) is 12.4 Å². The quantitative estimate of drug-likeness (QED) is 0.678. The molecule has 0 aromatic heterocycles. The van der Waals surface area contributed by atoms with Gasteiger partial charge in [-0.05, 0) is 43.7 Å². The van der Waals surface area contributed by atoms with E-state index in [2.05, 4.69) is 10.2 Å². The van der Waals surface area contributed by atoms with Gasteiger partial charge in [0, 0.05) is 48.8 Å². The number of hydrogen-bond donors (Lipinski definition) is 1. The molecular weight excluding hydrogens is 410 g/mol. The molecule has 0 unspecified atom stereocenters. The number of hydrogen-bond acceptors (Lipinski definition) is 4. The maximum Gasteiger partial charge on any atom is 0.168 e. The van der Waals surface area contributed by atoms with Gasteiger partial charge in [-0.3, -0.25) is 4.90 Å². The van der Waals surface area contributed by atoms with Crippen LogP contribution in [0.5, 0.6) is 5.75 Å². The first-order valence-corrected chi connectivity index (χ1v) is 11.9. The van der Waals surface area contributed by atoms with Crippen LogP contribution in [0.15, 0.2) is 42.5 Å². The van der Waals surface area contributed by atoms with Crippen molar-refractivity contribution in [2.75, 3.05) is 26.3 Å². The van der Waals surface area contributed by atoms with Gasteiger partial charge in [0.05, 0.1) is 13.2 Å². The first-order chi connectivity index (χ1) is 15.7. The lowest BCUT2D eigenvalue weighted by atomic mass is 9.90. The molecule has 1 heterocycles. The molecule has 0 amide bonds. The Kier molecular flexibility index (Phi) is 6.72. The van der Waals surface area contributed by atoms with Crippen molar-refractivity contribution in [3.05, 3.63) is 65.2 Å². The maximum atomic E-state index is 14.6. The zero-order valence-corrected chi connectivity index (χ0v) is 18.4. The minimum atomic E-state index is -0.618. The van der Waals surface area contributed by atoms with E-state index < -0.39 is 11.6 Å². The molecule has 2 aromatic carbocycles. The monoisotopic (exact) mass is 442 g/mol. The molecule has 3 fully saturated rings. The summed E-state index contributed by atoms with van der Waals surface area (Å²) in [6.45, 7) is 4.06. The number of nitrogens with zero attached hydrogens (tertiary/aromatic N) is 1. The second-order valence-electron chi connectivity index (χ2n) is 9.35. The number of halogens is 2.